The Hall–Kier alpha value is -1.35. The van der Waals surface area contributed by atoms with Crippen LogP contribution in [0.4, 0.5) is 0 Å². The molecular weight excluding hydrogens is 190 g/mol. The molecule has 0 fully saturated rings. The van der Waals surface area contributed by atoms with Crippen LogP contribution in [0, 0.1) is 0 Å². The molecule has 3 heteroatoms. The van der Waals surface area contributed by atoms with E-state index in [9.17, 15) is 5.11 Å². The van der Waals surface area contributed by atoms with Crippen molar-refractivity contribution in [3.8, 4) is 0 Å². The summed E-state index contributed by atoms with van der Waals surface area (Å²) in [6.07, 6.45) is -0.426. The molecule has 80 valence electrons. The molecular formula is C12H15NO2. The van der Waals surface area contributed by atoms with Gasteiger partial charge in [-0.3, -0.25) is 0 Å². The lowest BCUT2D eigenvalue weighted by molar-refractivity contribution is 0.199. The molecule has 0 radical (unpaired) electrons. The molecule has 1 aromatic carbocycles. The lowest BCUT2D eigenvalue weighted by Crippen LogP contribution is -2.02. The number of ether oxygens (including phenoxy) is 1. The van der Waals surface area contributed by atoms with Crippen LogP contribution >= 0.6 is 0 Å². The normalized spacial score (nSPS) is 22.1. The van der Waals surface area contributed by atoms with Gasteiger partial charge in [0.15, 0.2) is 0 Å². The number of benzene rings is 1. The lowest BCUT2D eigenvalue weighted by Gasteiger charge is -2.05. The number of aliphatic imine (C=N–C) groups is 1. The molecule has 1 heterocycles. The zero-order chi connectivity index (χ0) is 10.8. The highest BCUT2D eigenvalue weighted by Gasteiger charge is 2.15. The van der Waals surface area contributed by atoms with Gasteiger partial charge >= 0.3 is 0 Å². The second kappa shape index (κ2) is 4.03. The van der Waals surface area contributed by atoms with E-state index in [1.54, 1.807) is 6.92 Å². The van der Waals surface area contributed by atoms with Gasteiger partial charge < -0.3 is 9.84 Å². The van der Waals surface area contributed by atoms with Crippen molar-refractivity contribution in [3.05, 3.63) is 35.4 Å². The monoisotopic (exact) mass is 205 g/mol. The van der Waals surface area contributed by atoms with Gasteiger partial charge in [0, 0.05) is 5.56 Å². The van der Waals surface area contributed by atoms with E-state index in [1.165, 1.54) is 0 Å². The first-order chi connectivity index (χ1) is 7.16. The molecule has 0 aliphatic carbocycles. The summed E-state index contributed by atoms with van der Waals surface area (Å²) < 4.78 is 5.44. The fraction of sp³-hybridized carbons (Fsp3) is 0.417. The zero-order valence-corrected chi connectivity index (χ0v) is 8.97. The van der Waals surface area contributed by atoms with E-state index in [-0.39, 0.29) is 6.04 Å². The molecule has 0 saturated heterocycles. The maximum Gasteiger partial charge on any atom is 0.216 e. The van der Waals surface area contributed by atoms with Gasteiger partial charge in [0.05, 0.1) is 12.1 Å². The highest BCUT2D eigenvalue weighted by molar-refractivity contribution is 5.95. The quantitative estimate of drug-likeness (QED) is 0.801. The summed E-state index contributed by atoms with van der Waals surface area (Å²) in [6.45, 7) is 4.44. The highest BCUT2D eigenvalue weighted by atomic mass is 16.5. The third kappa shape index (κ3) is 2.18. The summed E-state index contributed by atoms with van der Waals surface area (Å²) in [7, 11) is 0. The molecule has 0 bridgehead atoms. The van der Waals surface area contributed by atoms with E-state index in [0.717, 1.165) is 11.1 Å². The summed E-state index contributed by atoms with van der Waals surface area (Å²) in [4.78, 5) is 4.37. The van der Waals surface area contributed by atoms with Crippen molar-refractivity contribution in [1.82, 2.24) is 0 Å². The largest absolute Gasteiger partial charge is 0.475 e. The second-order valence-corrected chi connectivity index (χ2v) is 3.89. The maximum absolute atomic E-state index is 9.36. The highest BCUT2D eigenvalue weighted by Crippen LogP contribution is 2.16. The van der Waals surface area contributed by atoms with Crippen LogP contribution < -0.4 is 0 Å². The topological polar surface area (TPSA) is 41.8 Å². The van der Waals surface area contributed by atoms with E-state index in [0.29, 0.717) is 12.5 Å². The summed E-state index contributed by atoms with van der Waals surface area (Å²) in [6, 6.07) is 7.90. The third-order valence-corrected chi connectivity index (χ3v) is 2.44. The van der Waals surface area contributed by atoms with Crippen LogP contribution in [0.25, 0.3) is 0 Å². The molecule has 1 N–H and O–H groups in total. The summed E-state index contributed by atoms with van der Waals surface area (Å²) >= 11 is 0. The van der Waals surface area contributed by atoms with Crippen LogP contribution in [0.2, 0.25) is 0 Å². The summed E-state index contributed by atoms with van der Waals surface area (Å²) in [5.41, 5.74) is 1.88. The van der Waals surface area contributed by atoms with Crippen molar-refractivity contribution < 1.29 is 9.84 Å². The predicted molar refractivity (Wildman–Crippen MR) is 59.0 cm³/mol. The minimum Gasteiger partial charge on any atom is -0.475 e. The Morgan fingerprint density at radius 2 is 2.07 bits per heavy atom. The second-order valence-electron chi connectivity index (χ2n) is 3.89. The van der Waals surface area contributed by atoms with Gasteiger partial charge in [0.1, 0.15) is 6.61 Å². The van der Waals surface area contributed by atoms with Crippen LogP contribution in [0.5, 0.6) is 0 Å². The standard InChI is InChI=1S/C12H15NO2/c1-8-7-15-12(13-8)11-5-3-10(4-6-11)9(2)14/h3-6,8-9,14H,7H2,1-2H3. The number of hydrogen-bond donors (Lipinski definition) is 1. The van der Waals surface area contributed by atoms with Gasteiger partial charge in [-0.15, -0.1) is 0 Å². The summed E-state index contributed by atoms with van der Waals surface area (Å²) in [5.74, 6) is 0.708. The number of nitrogens with zero attached hydrogens (tertiary/aromatic N) is 1. The molecule has 2 rings (SSSR count). The van der Waals surface area contributed by atoms with Gasteiger partial charge in [-0.05, 0) is 31.5 Å². The molecule has 1 aromatic rings. The first-order valence-corrected chi connectivity index (χ1v) is 5.16. The minimum atomic E-state index is -0.426. The summed E-state index contributed by atoms with van der Waals surface area (Å²) in [5, 5.41) is 9.36. The molecule has 1 aliphatic heterocycles. The molecule has 0 saturated carbocycles. The molecule has 2 atom stereocenters. The number of aliphatic hydroxyl groups is 1. The number of aliphatic hydroxyl groups excluding tert-OH is 1. The van der Waals surface area contributed by atoms with Gasteiger partial charge in [-0.2, -0.15) is 0 Å². The van der Waals surface area contributed by atoms with Crippen molar-refractivity contribution in [2.45, 2.75) is 26.0 Å². The molecule has 1 aliphatic rings. The Morgan fingerprint density at radius 3 is 2.53 bits per heavy atom. The molecule has 0 amide bonds. The average Bonchev–Trinajstić information content (AvgIpc) is 2.65. The van der Waals surface area contributed by atoms with E-state index in [4.69, 9.17) is 4.74 Å². The average molecular weight is 205 g/mol. The Bertz CT molecular complexity index is 368. The zero-order valence-electron chi connectivity index (χ0n) is 8.97. The van der Waals surface area contributed by atoms with Crippen LogP contribution in [0.3, 0.4) is 0 Å². The van der Waals surface area contributed by atoms with Gasteiger partial charge in [0.25, 0.3) is 0 Å². The van der Waals surface area contributed by atoms with Crippen molar-refractivity contribution >= 4 is 5.90 Å². The first-order valence-electron chi connectivity index (χ1n) is 5.16. The van der Waals surface area contributed by atoms with Gasteiger partial charge in [0.2, 0.25) is 5.90 Å². The van der Waals surface area contributed by atoms with Crippen LogP contribution in [-0.4, -0.2) is 23.7 Å². The Kier molecular flexibility index (Phi) is 2.73. The molecule has 2 unspecified atom stereocenters. The van der Waals surface area contributed by atoms with E-state index in [1.807, 2.05) is 31.2 Å². The Balaban J connectivity index is 2.20. The fourth-order valence-electron chi connectivity index (χ4n) is 1.54. The number of rotatable bonds is 2. The van der Waals surface area contributed by atoms with Crippen LogP contribution in [0.1, 0.15) is 31.1 Å². The smallest absolute Gasteiger partial charge is 0.216 e. The number of hydrogen-bond acceptors (Lipinski definition) is 3. The van der Waals surface area contributed by atoms with Crippen LogP contribution in [0.15, 0.2) is 29.3 Å². The third-order valence-electron chi connectivity index (χ3n) is 2.44. The maximum atomic E-state index is 9.36. The van der Waals surface area contributed by atoms with Gasteiger partial charge in [-0.1, -0.05) is 12.1 Å². The lowest BCUT2D eigenvalue weighted by atomic mass is 10.1. The van der Waals surface area contributed by atoms with E-state index in [2.05, 4.69) is 4.99 Å². The molecule has 3 nitrogen and oxygen atoms in total. The van der Waals surface area contributed by atoms with Gasteiger partial charge in [-0.25, -0.2) is 4.99 Å². The van der Waals surface area contributed by atoms with E-state index >= 15 is 0 Å². The fourth-order valence-corrected chi connectivity index (χ4v) is 1.54. The molecule has 0 spiro atoms. The first kappa shape index (κ1) is 10.2. The van der Waals surface area contributed by atoms with Crippen molar-refractivity contribution in [2.75, 3.05) is 6.61 Å². The van der Waals surface area contributed by atoms with E-state index < -0.39 is 6.10 Å². The molecule has 15 heavy (non-hydrogen) atoms. The SMILES string of the molecule is CC1COC(c2ccc(C(C)O)cc2)=N1. The Labute approximate surface area is 89.4 Å². The van der Waals surface area contributed by atoms with Crippen molar-refractivity contribution in [3.63, 3.8) is 0 Å². The minimum absolute atomic E-state index is 0.247. The van der Waals surface area contributed by atoms with Crippen LogP contribution in [-0.2, 0) is 4.74 Å². The van der Waals surface area contributed by atoms with Crippen molar-refractivity contribution in [2.24, 2.45) is 4.99 Å². The molecule has 0 aromatic heterocycles. The van der Waals surface area contributed by atoms with Crippen molar-refractivity contribution in [1.29, 1.82) is 0 Å². The Morgan fingerprint density at radius 1 is 1.40 bits per heavy atom. The predicted octanol–water partition coefficient (Wildman–Crippen LogP) is 1.91.